The molecule has 0 saturated heterocycles. The predicted molar refractivity (Wildman–Crippen MR) is 78.3 cm³/mol. The number of benzene rings is 1. The zero-order chi connectivity index (χ0) is 14.7. The Hall–Kier alpha value is -1.65. The molecule has 1 aliphatic rings. The molecule has 2 N–H and O–H groups in total. The summed E-state index contributed by atoms with van der Waals surface area (Å²) in [6.45, 7) is 0.603. The summed E-state index contributed by atoms with van der Waals surface area (Å²) in [6, 6.07) is 11.0. The van der Waals surface area contributed by atoms with Crippen LogP contribution in [0, 0.1) is 5.82 Å². The molecule has 1 aliphatic carbocycles. The lowest BCUT2D eigenvalue weighted by molar-refractivity contribution is 0.242. The first-order valence-electron chi connectivity index (χ1n) is 7.42. The maximum atomic E-state index is 13.3. The monoisotopic (exact) mass is 289 g/mol. The van der Waals surface area contributed by atoms with Gasteiger partial charge in [-0.25, -0.2) is 4.39 Å². The molecule has 1 aromatic heterocycles. The average molecular weight is 289 g/mol. The fourth-order valence-corrected chi connectivity index (χ4v) is 3.08. The van der Waals surface area contributed by atoms with Gasteiger partial charge in [0.1, 0.15) is 23.9 Å². The third kappa shape index (κ3) is 3.52. The Kier molecular flexibility index (Phi) is 4.36. The van der Waals surface area contributed by atoms with Crippen LogP contribution < -0.4 is 5.32 Å². The van der Waals surface area contributed by atoms with Crippen LogP contribution in [0.5, 0.6) is 0 Å². The maximum Gasteiger partial charge on any atom is 0.129 e. The molecule has 0 radical (unpaired) electrons. The van der Waals surface area contributed by atoms with E-state index in [0.29, 0.717) is 24.3 Å². The molecule has 0 bridgehead atoms. The molecule has 2 atom stereocenters. The topological polar surface area (TPSA) is 45.4 Å². The van der Waals surface area contributed by atoms with E-state index >= 15 is 0 Å². The summed E-state index contributed by atoms with van der Waals surface area (Å²) in [5.41, 5.74) is 1.10. The molecule has 3 nitrogen and oxygen atoms in total. The molecular formula is C17H20FNO2. The smallest absolute Gasteiger partial charge is 0.129 e. The third-order valence-corrected chi connectivity index (χ3v) is 4.19. The van der Waals surface area contributed by atoms with Crippen LogP contribution in [0.15, 0.2) is 40.8 Å². The van der Waals surface area contributed by atoms with Crippen molar-refractivity contribution >= 4 is 0 Å². The number of hydrogen-bond acceptors (Lipinski definition) is 3. The van der Waals surface area contributed by atoms with Gasteiger partial charge in [-0.3, -0.25) is 0 Å². The fourth-order valence-electron chi connectivity index (χ4n) is 3.08. The molecule has 4 heteroatoms. The highest BCUT2D eigenvalue weighted by Gasteiger charge is 2.25. The Morgan fingerprint density at radius 1 is 1.19 bits per heavy atom. The first-order valence-corrected chi connectivity index (χ1v) is 7.42. The molecule has 1 fully saturated rings. The van der Waals surface area contributed by atoms with Gasteiger partial charge in [0.25, 0.3) is 0 Å². The minimum atomic E-state index is -0.156. The molecule has 1 heterocycles. The summed E-state index contributed by atoms with van der Waals surface area (Å²) < 4.78 is 18.7. The Labute approximate surface area is 123 Å². The second-order valence-corrected chi connectivity index (χ2v) is 5.67. The molecule has 0 spiro atoms. The number of hydrogen-bond donors (Lipinski definition) is 2. The van der Waals surface area contributed by atoms with E-state index in [1.165, 1.54) is 6.07 Å². The predicted octanol–water partition coefficient (Wildman–Crippen LogP) is 3.34. The molecule has 1 aromatic carbocycles. The lowest BCUT2D eigenvalue weighted by atomic mass is 9.97. The van der Waals surface area contributed by atoms with Crippen LogP contribution >= 0.6 is 0 Å². The largest absolute Gasteiger partial charge is 0.462 e. The second-order valence-electron chi connectivity index (χ2n) is 5.67. The van der Waals surface area contributed by atoms with Crippen molar-refractivity contribution < 1.29 is 13.9 Å². The summed E-state index contributed by atoms with van der Waals surface area (Å²) >= 11 is 0. The van der Waals surface area contributed by atoms with Crippen molar-refractivity contribution in [1.29, 1.82) is 0 Å². The second kappa shape index (κ2) is 6.41. The number of halogens is 1. The highest BCUT2D eigenvalue weighted by atomic mass is 19.1. The number of aliphatic hydroxyl groups is 1. The van der Waals surface area contributed by atoms with Gasteiger partial charge in [0.2, 0.25) is 0 Å². The van der Waals surface area contributed by atoms with Gasteiger partial charge >= 0.3 is 0 Å². The summed E-state index contributed by atoms with van der Waals surface area (Å²) in [5.74, 6) is 1.71. The Balaban J connectivity index is 1.52. The van der Waals surface area contributed by atoms with Crippen molar-refractivity contribution in [1.82, 2.24) is 5.32 Å². The van der Waals surface area contributed by atoms with E-state index in [-0.39, 0.29) is 12.4 Å². The highest BCUT2D eigenvalue weighted by molar-refractivity contribution is 5.22. The molecule has 0 amide bonds. The number of aliphatic hydroxyl groups excluding tert-OH is 1. The first-order chi connectivity index (χ1) is 10.2. The zero-order valence-electron chi connectivity index (χ0n) is 11.9. The van der Waals surface area contributed by atoms with Crippen LogP contribution in [-0.4, -0.2) is 11.1 Å². The van der Waals surface area contributed by atoms with E-state index < -0.39 is 0 Å². The summed E-state index contributed by atoms with van der Waals surface area (Å²) in [5, 5.41) is 12.4. The normalized spacial score (nSPS) is 21.8. The van der Waals surface area contributed by atoms with E-state index in [2.05, 4.69) is 5.32 Å². The van der Waals surface area contributed by atoms with E-state index in [1.54, 1.807) is 18.2 Å². The molecule has 2 aromatic rings. The van der Waals surface area contributed by atoms with Gasteiger partial charge in [-0.2, -0.15) is 0 Å². The van der Waals surface area contributed by atoms with Crippen molar-refractivity contribution in [2.45, 2.75) is 44.4 Å². The Morgan fingerprint density at radius 2 is 2.05 bits per heavy atom. The van der Waals surface area contributed by atoms with Crippen LogP contribution in [0.4, 0.5) is 4.39 Å². The van der Waals surface area contributed by atoms with Crippen LogP contribution in [-0.2, 0) is 13.2 Å². The van der Waals surface area contributed by atoms with Crippen LogP contribution in [0.2, 0.25) is 0 Å². The molecule has 0 unspecified atom stereocenters. The van der Waals surface area contributed by atoms with Crippen molar-refractivity contribution in [2.24, 2.45) is 0 Å². The molecule has 3 rings (SSSR count). The Morgan fingerprint density at radius 3 is 2.81 bits per heavy atom. The van der Waals surface area contributed by atoms with Crippen molar-refractivity contribution in [3.8, 4) is 0 Å². The molecule has 0 aliphatic heterocycles. The van der Waals surface area contributed by atoms with Crippen LogP contribution in [0.25, 0.3) is 0 Å². The van der Waals surface area contributed by atoms with E-state index in [0.717, 1.165) is 30.6 Å². The van der Waals surface area contributed by atoms with Crippen molar-refractivity contribution in [2.75, 3.05) is 0 Å². The molecular weight excluding hydrogens is 269 g/mol. The fraction of sp³-hybridized carbons (Fsp3) is 0.412. The van der Waals surface area contributed by atoms with Crippen LogP contribution in [0.1, 0.15) is 42.3 Å². The maximum absolute atomic E-state index is 13.3. The van der Waals surface area contributed by atoms with Crippen molar-refractivity contribution in [3.63, 3.8) is 0 Å². The lowest BCUT2D eigenvalue weighted by Crippen LogP contribution is -2.25. The van der Waals surface area contributed by atoms with Crippen molar-refractivity contribution in [3.05, 3.63) is 59.3 Å². The van der Waals surface area contributed by atoms with E-state index in [1.807, 2.05) is 12.1 Å². The molecule has 112 valence electrons. The molecule has 1 saturated carbocycles. The zero-order valence-corrected chi connectivity index (χ0v) is 11.9. The number of rotatable bonds is 5. The Bertz CT molecular complexity index is 596. The van der Waals surface area contributed by atoms with Gasteiger partial charge in [-0.1, -0.05) is 12.1 Å². The average Bonchev–Trinajstić information content (AvgIpc) is 3.14. The number of nitrogens with one attached hydrogen (secondary N) is 1. The van der Waals surface area contributed by atoms with Gasteiger partial charge < -0.3 is 14.8 Å². The third-order valence-electron chi connectivity index (χ3n) is 4.19. The van der Waals surface area contributed by atoms with Gasteiger partial charge in [0, 0.05) is 6.04 Å². The van der Waals surface area contributed by atoms with Gasteiger partial charge in [0.15, 0.2) is 0 Å². The van der Waals surface area contributed by atoms with Gasteiger partial charge in [0.05, 0.1) is 6.54 Å². The van der Waals surface area contributed by atoms with Gasteiger partial charge in [-0.15, -0.1) is 0 Å². The summed E-state index contributed by atoms with van der Waals surface area (Å²) in [4.78, 5) is 0. The summed E-state index contributed by atoms with van der Waals surface area (Å²) in [7, 11) is 0. The van der Waals surface area contributed by atoms with Crippen LogP contribution in [0.3, 0.4) is 0 Å². The quantitative estimate of drug-likeness (QED) is 0.887. The lowest BCUT2D eigenvalue weighted by Gasteiger charge is -2.13. The summed E-state index contributed by atoms with van der Waals surface area (Å²) in [6.07, 6.45) is 3.20. The van der Waals surface area contributed by atoms with E-state index in [4.69, 9.17) is 9.52 Å². The molecule has 21 heavy (non-hydrogen) atoms. The minimum Gasteiger partial charge on any atom is -0.462 e. The highest BCUT2D eigenvalue weighted by Crippen LogP contribution is 2.34. The SMILES string of the molecule is OCc1ccc(CN[C@H]2CC[C@H](c3cccc(F)c3)C2)o1. The van der Waals surface area contributed by atoms with Gasteiger partial charge in [-0.05, 0) is 55.0 Å². The first kappa shape index (κ1) is 14.3. The minimum absolute atomic E-state index is 0.0644. The number of furan rings is 1. The van der Waals surface area contributed by atoms with E-state index in [9.17, 15) is 4.39 Å². The standard InChI is InChI=1S/C17H20FNO2/c18-14-3-1-2-12(8-14)13-4-5-15(9-13)19-10-16-6-7-17(11-20)21-16/h1-3,6-8,13,15,19-20H,4-5,9-11H2/t13-,15-/m0/s1.